The third kappa shape index (κ3) is 3.18. The Labute approximate surface area is 117 Å². The molecule has 2 nitrogen and oxygen atoms in total. The lowest BCUT2D eigenvalue weighted by Gasteiger charge is -2.32. The van der Waals surface area contributed by atoms with Crippen molar-refractivity contribution < 1.29 is 0 Å². The minimum absolute atomic E-state index is 0.751. The van der Waals surface area contributed by atoms with Crippen LogP contribution in [0.1, 0.15) is 42.9 Å². The molecule has 1 heterocycles. The number of likely N-dealkylation sites (tertiary alicyclic amines) is 1. The fourth-order valence-corrected chi connectivity index (χ4v) is 3.57. The summed E-state index contributed by atoms with van der Waals surface area (Å²) in [7, 11) is 0. The number of aryl methyl sites for hydroxylation is 2. The van der Waals surface area contributed by atoms with E-state index >= 15 is 0 Å². The predicted octanol–water partition coefficient (Wildman–Crippen LogP) is 2.75. The summed E-state index contributed by atoms with van der Waals surface area (Å²) in [6.45, 7) is 6.95. The van der Waals surface area contributed by atoms with Crippen LogP contribution in [0, 0.1) is 0 Å². The normalized spacial score (nSPS) is 20.7. The number of piperidine rings is 1. The SMILES string of the molecule is CCNC1CCN(Cc2ccc3c(c2)CCC3)CC1. The maximum Gasteiger partial charge on any atom is 0.0233 e. The van der Waals surface area contributed by atoms with Crippen LogP contribution >= 0.6 is 0 Å². The first-order valence-corrected chi connectivity index (χ1v) is 7.91. The molecule has 0 atom stereocenters. The van der Waals surface area contributed by atoms with Crippen molar-refractivity contribution >= 4 is 0 Å². The van der Waals surface area contributed by atoms with Gasteiger partial charge in [0.2, 0.25) is 0 Å². The largest absolute Gasteiger partial charge is 0.314 e. The molecule has 1 fully saturated rings. The summed E-state index contributed by atoms with van der Waals surface area (Å²) in [5.74, 6) is 0. The monoisotopic (exact) mass is 258 g/mol. The number of fused-ring (bicyclic) bond motifs is 1. The molecule has 0 radical (unpaired) electrons. The standard InChI is InChI=1S/C17H26N2/c1-2-18-17-8-10-19(11-9-17)13-14-6-7-15-4-3-5-16(15)12-14/h6-7,12,17-18H,2-5,8-11,13H2,1H3. The van der Waals surface area contributed by atoms with Crippen molar-refractivity contribution in [2.45, 2.75) is 51.6 Å². The topological polar surface area (TPSA) is 15.3 Å². The molecule has 1 saturated heterocycles. The van der Waals surface area contributed by atoms with E-state index in [-0.39, 0.29) is 0 Å². The first kappa shape index (κ1) is 13.1. The first-order chi connectivity index (χ1) is 9.35. The third-order valence-electron chi connectivity index (χ3n) is 4.65. The van der Waals surface area contributed by atoms with Crippen molar-refractivity contribution in [2.24, 2.45) is 0 Å². The Hall–Kier alpha value is -0.860. The van der Waals surface area contributed by atoms with Gasteiger partial charge in [0.15, 0.2) is 0 Å². The highest BCUT2D eigenvalue weighted by Gasteiger charge is 2.19. The lowest BCUT2D eigenvalue weighted by Crippen LogP contribution is -2.42. The Balaban J connectivity index is 1.55. The van der Waals surface area contributed by atoms with Gasteiger partial charge >= 0.3 is 0 Å². The van der Waals surface area contributed by atoms with E-state index in [1.807, 2.05) is 0 Å². The zero-order valence-electron chi connectivity index (χ0n) is 12.1. The van der Waals surface area contributed by atoms with Crippen molar-refractivity contribution in [3.8, 4) is 0 Å². The van der Waals surface area contributed by atoms with Gasteiger partial charge < -0.3 is 5.32 Å². The van der Waals surface area contributed by atoms with Crippen molar-refractivity contribution in [2.75, 3.05) is 19.6 Å². The molecule has 1 aliphatic heterocycles. The van der Waals surface area contributed by atoms with E-state index in [2.05, 4.69) is 35.3 Å². The molecule has 1 N–H and O–H groups in total. The molecule has 0 aromatic heterocycles. The molecule has 1 aromatic rings. The van der Waals surface area contributed by atoms with E-state index in [4.69, 9.17) is 0 Å². The van der Waals surface area contributed by atoms with Gasteiger partial charge in [0.25, 0.3) is 0 Å². The molecule has 3 rings (SSSR count). The molecule has 0 unspecified atom stereocenters. The van der Waals surface area contributed by atoms with Gasteiger partial charge in [-0.25, -0.2) is 0 Å². The van der Waals surface area contributed by atoms with Crippen LogP contribution in [0.5, 0.6) is 0 Å². The van der Waals surface area contributed by atoms with Gasteiger partial charge in [-0.05, 0) is 68.4 Å². The van der Waals surface area contributed by atoms with Gasteiger partial charge in [-0.3, -0.25) is 4.90 Å². The third-order valence-corrected chi connectivity index (χ3v) is 4.65. The van der Waals surface area contributed by atoms with Crippen molar-refractivity contribution in [3.05, 3.63) is 34.9 Å². The van der Waals surface area contributed by atoms with Crippen LogP contribution in [0.4, 0.5) is 0 Å². The molecule has 0 saturated carbocycles. The van der Waals surface area contributed by atoms with Crippen LogP contribution in [0.15, 0.2) is 18.2 Å². The fraction of sp³-hybridized carbons (Fsp3) is 0.647. The highest BCUT2D eigenvalue weighted by Crippen LogP contribution is 2.24. The Morgan fingerprint density at radius 2 is 1.95 bits per heavy atom. The molecule has 0 bridgehead atoms. The molecule has 2 heteroatoms. The Kier molecular flexibility index (Phi) is 4.19. The van der Waals surface area contributed by atoms with E-state index in [9.17, 15) is 0 Å². The molecule has 1 aromatic carbocycles. The first-order valence-electron chi connectivity index (χ1n) is 7.91. The van der Waals surface area contributed by atoms with E-state index < -0.39 is 0 Å². The van der Waals surface area contributed by atoms with E-state index in [0.29, 0.717) is 0 Å². The second-order valence-corrected chi connectivity index (χ2v) is 6.06. The zero-order valence-corrected chi connectivity index (χ0v) is 12.1. The number of hydrogen-bond acceptors (Lipinski definition) is 2. The molecule has 2 aliphatic rings. The summed E-state index contributed by atoms with van der Waals surface area (Å²) >= 11 is 0. The molecule has 0 amide bonds. The van der Waals surface area contributed by atoms with Crippen LogP contribution in [-0.4, -0.2) is 30.6 Å². The lowest BCUT2D eigenvalue weighted by atomic mass is 10.0. The van der Waals surface area contributed by atoms with Crippen molar-refractivity contribution in [1.29, 1.82) is 0 Å². The summed E-state index contributed by atoms with van der Waals surface area (Å²) in [5, 5.41) is 3.58. The molecule has 104 valence electrons. The summed E-state index contributed by atoms with van der Waals surface area (Å²) < 4.78 is 0. The molecule has 0 spiro atoms. The Morgan fingerprint density at radius 3 is 2.74 bits per heavy atom. The molecular weight excluding hydrogens is 232 g/mol. The summed E-state index contributed by atoms with van der Waals surface area (Å²) in [6.07, 6.45) is 6.56. The smallest absolute Gasteiger partial charge is 0.0233 e. The number of nitrogens with one attached hydrogen (secondary N) is 1. The van der Waals surface area contributed by atoms with Gasteiger partial charge in [0.05, 0.1) is 0 Å². The van der Waals surface area contributed by atoms with Gasteiger partial charge in [-0.15, -0.1) is 0 Å². The van der Waals surface area contributed by atoms with Gasteiger partial charge in [-0.1, -0.05) is 25.1 Å². The van der Waals surface area contributed by atoms with Crippen LogP contribution in [-0.2, 0) is 19.4 Å². The zero-order chi connectivity index (χ0) is 13.1. The summed E-state index contributed by atoms with van der Waals surface area (Å²) in [5.41, 5.74) is 4.72. The molecule has 19 heavy (non-hydrogen) atoms. The highest BCUT2D eigenvalue weighted by atomic mass is 15.1. The van der Waals surface area contributed by atoms with E-state index in [1.165, 1.54) is 50.8 Å². The predicted molar refractivity (Wildman–Crippen MR) is 80.4 cm³/mol. The number of rotatable bonds is 4. The molecular formula is C17H26N2. The van der Waals surface area contributed by atoms with Gasteiger partial charge in [0, 0.05) is 12.6 Å². The lowest BCUT2D eigenvalue weighted by molar-refractivity contribution is 0.192. The average molecular weight is 258 g/mol. The second-order valence-electron chi connectivity index (χ2n) is 6.06. The van der Waals surface area contributed by atoms with Gasteiger partial charge in [-0.2, -0.15) is 0 Å². The maximum absolute atomic E-state index is 3.58. The van der Waals surface area contributed by atoms with Crippen LogP contribution in [0.3, 0.4) is 0 Å². The maximum atomic E-state index is 3.58. The van der Waals surface area contributed by atoms with E-state index in [1.54, 1.807) is 11.1 Å². The average Bonchev–Trinajstić information content (AvgIpc) is 2.89. The summed E-state index contributed by atoms with van der Waals surface area (Å²) in [6, 6.07) is 7.92. The van der Waals surface area contributed by atoms with E-state index in [0.717, 1.165) is 19.1 Å². The van der Waals surface area contributed by atoms with Crippen molar-refractivity contribution in [3.63, 3.8) is 0 Å². The highest BCUT2D eigenvalue weighted by molar-refractivity contribution is 5.35. The van der Waals surface area contributed by atoms with Gasteiger partial charge in [0.1, 0.15) is 0 Å². The quantitative estimate of drug-likeness (QED) is 0.893. The summed E-state index contributed by atoms with van der Waals surface area (Å²) in [4.78, 5) is 2.62. The second kappa shape index (κ2) is 6.06. The number of nitrogens with zero attached hydrogens (tertiary/aromatic N) is 1. The van der Waals surface area contributed by atoms with Crippen LogP contribution in [0.2, 0.25) is 0 Å². The number of benzene rings is 1. The minimum atomic E-state index is 0.751. The molecule has 1 aliphatic carbocycles. The number of hydrogen-bond donors (Lipinski definition) is 1. The Bertz CT molecular complexity index is 419. The van der Waals surface area contributed by atoms with Crippen molar-refractivity contribution in [1.82, 2.24) is 10.2 Å². The minimum Gasteiger partial charge on any atom is -0.314 e. The van der Waals surface area contributed by atoms with Crippen LogP contribution < -0.4 is 5.32 Å². The fourth-order valence-electron chi connectivity index (χ4n) is 3.57. The van der Waals surface area contributed by atoms with Crippen LogP contribution in [0.25, 0.3) is 0 Å². The Morgan fingerprint density at radius 1 is 1.16 bits per heavy atom.